The van der Waals surface area contributed by atoms with Crippen molar-refractivity contribution in [2.75, 3.05) is 0 Å². The van der Waals surface area contributed by atoms with Crippen molar-refractivity contribution in [2.24, 2.45) is 7.05 Å². The smallest absolute Gasteiger partial charge is 0.191 e. The molecule has 0 bridgehead atoms. The molecule has 52 valence electrons. The number of nitrogens with zero attached hydrogens (tertiary/aromatic N) is 1. The lowest BCUT2D eigenvalue weighted by molar-refractivity contribution is 0.432. The molecule has 0 atom stereocenters. The average molecular weight is 148 g/mol. The molecule has 0 aliphatic carbocycles. The Labute approximate surface area is 59.7 Å². The van der Waals surface area contributed by atoms with Crippen molar-refractivity contribution in [2.45, 2.75) is 7.43 Å². The maximum absolute atomic E-state index is 8.82. The third-order valence-electron chi connectivity index (χ3n) is 1.03. The van der Waals surface area contributed by atoms with Gasteiger partial charge in [-0.1, -0.05) is 19.0 Å². The summed E-state index contributed by atoms with van der Waals surface area (Å²) in [6, 6.07) is 3.18. The highest BCUT2D eigenvalue weighted by atomic mass is 35.5. The van der Waals surface area contributed by atoms with Gasteiger partial charge in [-0.15, -0.1) is 0 Å². The van der Waals surface area contributed by atoms with Gasteiger partial charge in [0.1, 0.15) is 5.15 Å². The fraction of sp³-hybridized carbons (Fsp3) is 0.333. The van der Waals surface area contributed by atoms with Crippen molar-refractivity contribution in [1.29, 1.82) is 0 Å². The highest BCUT2D eigenvalue weighted by molar-refractivity contribution is 6.29. The van der Waals surface area contributed by atoms with Crippen molar-refractivity contribution in [3.63, 3.8) is 0 Å². The van der Waals surface area contributed by atoms with Gasteiger partial charge in [0.2, 0.25) is 0 Å². The highest BCUT2D eigenvalue weighted by Crippen LogP contribution is 2.16. The molecule has 9 heavy (non-hydrogen) atoms. The largest absolute Gasteiger partial charge is 0.494 e. The summed E-state index contributed by atoms with van der Waals surface area (Å²) in [5.41, 5.74) is 0. The molecular formula is C6H10ClNO. The van der Waals surface area contributed by atoms with Gasteiger partial charge in [-0.2, -0.15) is 0 Å². The van der Waals surface area contributed by atoms with Crippen LogP contribution in [0.4, 0.5) is 0 Å². The van der Waals surface area contributed by atoms with Crippen LogP contribution in [-0.2, 0) is 7.05 Å². The maximum atomic E-state index is 8.82. The van der Waals surface area contributed by atoms with E-state index >= 15 is 0 Å². The van der Waals surface area contributed by atoms with Crippen LogP contribution in [0.25, 0.3) is 0 Å². The molecule has 1 aromatic heterocycles. The van der Waals surface area contributed by atoms with Gasteiger partial charge in [-0.05, 0) is 6.07 Å². The van der Waals surface area contributed by atoms with E-state index in [1.165, 1.54) is 4.57 Å². The molecule has 1 rings (SSSR count). The van der Waals surface area contributed by atoms with Gasteiger partial charge in [0, 0.05) is 13.1 Å². The molecule has 0 aliphatic heterocycles. The van der Waals surface area contributed by atoms with E-state index in [-0.39, 0.29) is 13.3 Å². The molecule has 3 heteroatoms. The minimum atomic E-state index is 0. The summed E-state index contributed by atoms with van der Waals surface area (Å²) < 4.78 is 1.49. The predicted molar refractivity (Wildman–Crippen MR) is 38.8 cm³/mol. The van der Waals surface area contributed by atoms with Crippen LogP contribution in [0.5, 0.6) is 5.88 Å². The third-order valence-corrected chi connectivity index (χ3v) is 1.41. The first-order valence-electron chi connectivity index (χ1n) is 2.22. The first-order chi connectivity index (χ1) is 3.72. The summed E-state index contributed by atoms with van der Waals surface area (Å²) in [6.07, 6.45) is 0. The maximum Gasteiger partial charge on any atom is 0.191 e. The van der Waals surface area contributed by atoms with E-state index in [4.69, 9.17) is 16.7 Å². The van der Waals surface area contributed by atoms with E-state index in [9.17, 15) is 0 Å². The lowest BCUT2D eigenvalue weighted by Crippen LogP contribution is -1.83. The number of aromatic hydroxyl groups is 1. The average Bonchev–Trinajstić information content (AvgIpc) is 1.98. The van der Waals surface area contributed by atoms with Crippen molar-refractivity contribution in [1.82, 2.24) is 4.57 Å². The molecule has 0 spiro atoms. The lowest BCUT2D eigenvalue weighted by atomic mass is 10.7. The Morgan fingerprint density at radius 2 is 2.11 bits per heavy atom. The topological polar surface area (TPSA) is 25.2 Å². The number of halogens is 1. The Morgan fingerprint density at radius 1 is 1.56 bits per heavy atom. The molecular weight excluding hydrogens is 138 g/mol. The van der Waals surface area contributed by atoms with Crippen LogP contribution in [0.1, 0.15) is 7.43 Å². The SMILES string of the molecule is C.Cn1c(O)ccc1Cl. The second-order valence-corrected chi connectivity index (χ2v) is 1.96. The van der Waals surface area contributed by atoms with Crippen molar-refractivity contribution >= 4 is 11.6 Å². The van der Waals surface area contributed by atoms with Crippen LogP contribution < -0.4 is 0 Å². The highest BCUT2D eigenvalue weighted by Gasteiger charge is 1.96. The standard InChI is InChI=1S/C5H6ClNO.CH4/c1-7-4(6)2-3-5(7)8;/h2-3,8H,1H3;1H4. The van der Waals surface area contributed by atoms with E-state index < -0.39 is 0 Å². The number of rotatable bonds is 0. The van der Waals surface area contributed by atoms with E-state index in [0.717, 1.165) is 0 Å². The zero-order chi connectivity index (χ0) is 6.15. The molecule has 1 heterocycles. The molecule has 0 saturated carbocycles. The van der Waals surface area contributed by atoms with Gasteiger partial charge in [0.15, 0.2) is 5.88 Å². The molecule has 0 saturated heterocycles. The molecule has 1 aromatic rings. The van der Waals surface area contributed by atoms with Crippen LogP contribution in [0.15, 0.2) is 12.1 Å². The summed E-state index contributed by atoms with van der Waals surface area (Å²) in [6.45, 7) is 0. The van der Waals surface area contributed by atoms with E-state index in [2.05, 4.69) is 0 Å². The lowest BCUT2D eigenvalue weighted by Gasteiger charge is -1.92. The molecule has 1 N–H and O–H groups in total. The van der Waals surface area contributed by atoms with Gasteiger partial charge < -0.3 is 9.67 Å². The van der Waals surface area contributed by atoms with Crippen LogP contribution in [0, 0.1) is 0 Å². The van der Waals surface area contributed by atoms with Crippen LogP contribution >= 0.6 is 11.6 Å². The first kappa shape index (κ1) is 8.37. The minimum Gasteiger partial charge on any atom is -0.494 e. The summed E-state index contributed by atoms with van der Waals surface area (Å²) in [4.78, 5) is 0. The Balaban J connectivity index is 0.000000640. The Bertz CT molecular complexity index is 175. The van der Waals surface area contributed by atoms with E-state index in [1.54, 1.807) is 19.2 Å². The van der Waals surface area contributed by atoms with Crippen molar-refractivity contribution < 1.29 is 5.11 Å². The first-order valence-corrected chi connectivity index (χ1v) is 2.60. The zero-order valence-corrected chi connectivity index (χ0v) is 5.18. The fourth-order valence-corrected chi connectivity index (χ4v) is 0.626. The fourth-order valence-electron chi connectivity index (χ4n) is 0.476. The number of hydrogen-bond acceptors (Lipinski definition) is 1. The second-order valence-electron chi connectivity index (χ2n) is 1.57. The molecule has 0 radical (unpaired) electrons. The van der Waals surface area contributed by atoms with E-state index in [1.807, 2.05) is 0 Å². The van der Waals surface area contributed by atoms with Gasteiger partial charge >= 0.3 is 0 Å². The van der Waals surface area contributed by atoms with Crippen molar-refractivity contribution in [3.05, 3.63) is 17.3 Å². The van der Waals surface area contributed by atoms with Gasteiger partial charge in [-0.25, -0.2) is 0 Å². The summed E-state index contributed by atoms with van der Waals surface area (Å²) in [5.74, 6) is 0.190. The number of aromatic nitrogens is 1. The molecule has 0 amide bonds. The molecule has 0 aromatic carbocycles. The molecule has 0 aliphatic rings. The summed E-state index contributed by atoms with van der Waals surface area (Å²) >= 11 is 5.53. The summed E-state index contributed by atoms with van der Waals surface area (Å²) in [5, 5.41) is 9.36. The van der Waals surface area contributed by atoms with Gasteiger partial charge in [0.05, 0.1) is 0 Å². The zero-order valence-electron chi connectivity index (χ0n) is 4.43. The Hall–Kier alpha value is -0.630. The predicted octanol–water partition coefficient (Wildman–Crippen LogP) is 2.02. The van der Waals surface area contributed by atoms with Crippen molar-refractivity contribution in [3.8, 4) is 5.88 Å². The molecule has 0 unspecified atom stereocenters. The van der Waals surface area contributed by atoms with Gasteiger partial charge in [0.25, 0.3) is 0 Å². The van der Waals surface area contributed by atoms with E-state index in [0.29, 0.717) is 5.15 Å². The second kappa shape index (κ2) is 2.78. The Morgan fingerprint density at radius 3 is 2.22 bits per heavy atom. The van der Waals surface area contributed by atoms with Crippen LogP contribution in [-0.4, -0.2) is 9.67 Å². The van der Waals surface area contributed by atoms with Gasteiger partial charge in [-0.3, -0.25) is 0 Å². The molecule has 2 nitrogen and oxygen atoms in total. The Kier molecular flexibility index (Phi) is 2.59. The summed E-state index contributed by atoms with van der Waals surface area (Å²) in [7, 11) is 1.69. The quantitative estimate of drug-likeness (QED) is 0.597. The molecule has 0 fully saturated rings. The normalized spacial score (nSPS) is 8.67. The minimum absolute atomic E-state index is 0. The third kappa shape index (κ3) is 1.39. The van der Waals surface area contributed by atoms with Crippen LogP contribution in [0.2, 0.25) is 5.15 Å². The van der Waals surface area contributed by atoms with Crippen LogP contribution in [0.3, 0.4) is 0 Å². The number of hydrogen-bond donors (Lipinski definition) is 1. The monoisotopic (exact) mass is 147 g/mol.